The molecule has 0 aliphatic carbocycles. The van der Waals surface area contributed by atoms with E-state index >= 15 is 0 Å². The van der Waals surface area contributed by atoms with Crippen LogP contribution in [0.4, 0.5) is 11.5 Å². The molecule has 0 unspecified atom stereocenters. The summed E-state index contributed by atoms with van der Waals surface area (Å²) in [5.74, 6) is 1.02. The molecule has 1 fully saturated rings. The molecule has 3 heterocycles. The fourth-order valence-corrected chi connectivity index (χ4v) is 2.46. The van der Waals surface area contributed by atoms with Gasteiger partial charge in [0.05, 0.1) is 13.2 Å². The summed E-state index contributed by atoms with van der Waals surface area (Å²) in [6.45, 7) is 1.45. The molecule has 0 amide bonds. The van der Waals surface area contributed by atoms with Gasteiger partial charge in [0.2, 0.25) is 0 Å². The summed E-state index contributed by atoms with van der Waals surface area (Å²) in [6, 6.07) is 3.65. The summed E-state index contributed by atoms with van der Waals surface area (Å²) < 4.78 is 7.49. The Morgan fingerprint density at radius 3 is 3.00 bits per heavy atom. The van der Waals surface area contributed by atoms with Crippen LogP contribution in [0.2, 0.25) is 0 Å². The van der Waals surface area contributed by atoms with Crippen molar-refractivity contribution in [2.45, 2.75) is 5.92 Å². The van der Waals surface area contributed by atoms with E-state index in [0.717, 1.165) is 23.4 Å². The molecular weight excluding hydrogens is 312 g/mol. The number of H-pyrrole nitrogens is 1. The zero-order valence-electron chi connectivity index (χ0n) is 10.3. The van der Waals surface area contributed by atoms with Crippen LogP contribution < -0.4 is 10.9 Å². The Morgan fingerprint density at radius 2 is 2.32 bits per heavy atom. The van der Waals surface area contributed by atoms with Gasteiger partial charge in [-0.25, -0.2) is 0 Å². The van der Waals surface area contributed by atoms with E-state index in [9.17, 15) is 4.79 Å². The molecule has 1 aliphatic rings. The van der Waals surface area contributed by atoms with Gasteiger partial charge in [0.1, 0.15) is 5.69 Å². The first-order valence-corrected chi connectivity index (χ1v) is 6.69. The minimum Gasteiger partial charge on any atom is -0.380 e. The molecule has 6 nitrogen and oxygen atoms in total. The van der Waals surface area contributed by atoms with Gasteiger partial charge in [-0.05, 0) is 22.0 Å². The topological polar surface area (TPSA) is 71.9 Å². The van der Waals surface area contributed by atoms with Gasteiger partial charge in [0.15, 0.2) is 5.82 Å². The number of nitrogens with one attached hydrogen (secondary N) is 2. The lowest BCUT2D eigenvalue weighted by Crippen LogP contribution is -2.25. The van der Waals surface area contributed by atoms with Crippen LogP contribution in [0, 0.1) is 0 Å². The largest absolute Gasteiger partial charge is 0.380 e. The van der Waals surface area contributed by atoms with Crippen molar-refractivity contribution >= 4 is 27.4 Å². The van der Waals surface area contributed by atoms with Crippen LogP contribution >= 0.6 is 15.9 Å². The smallest absolute Gasteiger partial charge is 0.274 e. The summed E-state index contributed by atoms with van der Waals surface area (Å²) in [5.41, 5.74) is 1.42. The SMILES string of the molecule is Cn1cc(Br)cc(Nc2cc(C3COC3)[nH]n2)c1=O. The number of rotatable bonds is 3. The molecule has 0 bridgehead atoms. The molecule has 0 atom stereocenters. The molecule has 100 valence electrons. The lowest BCUT2D eigenvalue weighted by Gasteiger charge is -2.24. The van der Waals surface area contributed by atoms with Crippen LogP contribution in [0.25, 0.3) is 0 Å². The highest BCUT2D eigenvalue weighted by Gasteiger charge is 2.22. The van der Waals surface area contributed by atoms with Crippen LogP contribution in [0.15, 0.2) is 27.6 Å². The molecule has 0 spiro atoms. The van der Waals surface area contributed by atoms with Crippen molar-refractivity contribution in [1.29, 1.82) is 0 Å². The third kappa shape index (κ3) is 2.43. The predicted molar refractivity (Wildman–Crippen MR) is 74.8 cm³/mol. The molecule has 2 aromatic rings. The van der Waals surface area contributed by atoms with Gasteiger partial charge < -0.3 is 14.6 Å². The Kier molecular flexibility index (Phi) is 3.16. The Hall–Kier alpha value is -1.60. The van der Waals surface area contributed by atoms with Crippen LogP contribution in [0.5, 0.6) is 0 Å². The van der Waals surface area contributed by atoms with E-state index in [0.29, 0.717) is 17.4 Å². The maximum absolute atomic E-state index is 12.0. The number of anilines is 2. The monoisotopic (exact) mass is 324 g/mol. The third-order valence-electron chi connectivity index (χ3n) is 3.09. The van der Waals surface area contributed by atoms with Crippen molar-refractivity contribution in [3.8, 4) is 0 Å². The van der Waals surface area contributed by atoms with Crippen LogP contribution in [0.3, 0.4) is 0 Å². The molecule has 2 N–H and O–H groups in total. The third-order valence-corrected chi connectivity index (χ3v) is 3.52. The Balaban J connectivity index is 1.84. The second kappa shape index (κ2) is 4.82. The van der Waals surface area contributed by atoms with E-state index in [-0.39, 0.29) is 5.56 Å². The number of halogens is 1. The first-order valence-electron chi connectivity index (χ1n) is 5.90. The highest BCUT2D eigenvalue weighted by atomic mass is 79.9. The lowest BCUT2D eigenvalue weighted by atomic mass is 10.0. The van der Waals surface area contributed by atoms with Crippen molar-refractivity contribution in [3.63, 3.8) is 0 Å². The average molecular weight is 325 g/mol. The second-order valence-corrected chi connectivity index (χ2v) is 5.47. The van der Waals surface area contributed by atoms with E-state index in [1.54, 1.807) is 19.3 Å². The minimum atomic E-state index is -0.0975. The Bertz CT molecular complexity index is 660. The number of pyridine rings is 1. The summed E-state index contributed by atoms with van der Waals surface area (Å²) in [7, 11) is 1.71. The molecule has 1 saturated heterocycles. The zero-order chi connectivity index (χ0) is 13.4. The Morgan fingerprint density at radius 1 is 1.53 bits per heavy atom. The summed E-state index contributed by atoms with van der Waals surface area (Å²) in [6.07, 6.45) is 1.72. The van der Waals surface area contributed by atoms with Crippen LogP contribution in [-0.2, 0) is 11.8 Å². The van der Waals surface area contributed by atoms with E-state index in [1.807, 2.05) is 6.07 Å². The van der Waals surface area contributed by atoms with Gasteiger partial charge in [0, 0.05) is 35.4 Å². The quantitative estimate of drug-likeness (QED) is 0.901. The fourth-order valence-electron chi connectivity index (χ4n) is 1.92. The summed E-state index contributed by atoms with van der Waals surface area (Å²) in [4.78, 5) is 12.0. The minimum absolute atomic E-state index is 0.0975. The van der Waals surface area contributed by atoms with Crippen LogP contribution in [-0.4, -0.2) is 28.0 Å². The molecule has 19 heavy (non-hydrogen) atoms. The normalized spacial score (nSPS) is 15.3. The maximum Gasteiger partial charge on any atom is 0.274 e. The predicted octanol–water partition coefficient (Wildman–Crippen LogP) is 1.73. The van der Waals surface area contributed by atoms with Crippen molar-refractivity contribution in [1.82, 2.24) is 14.8 Å². The highest BCUT2D eigenvalue weighted by Crippen LogP contribution is 2.24. The number of aromatic nitrogens is 3. The van der Waals surface area contributed by atoms with Gasteiger partial charge in [-0.1, -0.05) is 0 Å². The number of aryl methyl sites for hydroxylation is 1. The van der Waals surface area contributed by atoms with E-state index < -0.39 is 0 Å². The number of ether oxygens (including phenoxy) is 1. The first-order chi connectivity index (χ1) is 9.13. The van der Waals surface area contributed by atoms with Crippen molar-refractivity contribution in [2.75, 3.05) is 18.5 Å². The standard InChI is InChI=1S/C12H13BrN4O2/c1-17-4-8(13)2-10(12(17)18)14-11-3-9(15-16-11)7-5-19-6-7/h2-4,7H,5-6H2,1H3,(H2,14,15,16). The van der Waals surface area contributed by atoms with Gasteiger partial charge in [-0.15, -0.1) is 0 Å². The zero-order valence-corrected chi connectivity index (χ0v) is 11.9. The number of hydrogen-bond donors (Lipinski definition) is 2. The molecule has 0 saturated carbocycles. The van der Waals surface area contributed by atoms with Crippen molar-refractivity contribution in [3.05, 3.63) is 38.9 Å². The molecular formula is C12H13BrN4O2. The maximum atomic E-state index is 12.0. The van der Waals surface area contributed by atoms with Gasteiger partial charge in [-0.2, -0.15) is 5.10 Å². The molecule has 2 aromatic heterocycles. The van der Waals surface area contributed by atoms with E-state index in [2.05, 4.69) is 31.4 Å². The van der Waals surface area contributed by atoms with E-state index in [1.165, 1.54) is 4.57 Å². The Labute approximate surface area is 117 Å². The molecule has 0 radical (unpaired) electrons. The van der Waals surface area contributed by atoms with Crippen molar-refractivity contribution < 1.29 is 4.74 Å². The highest BCUT2D eigenvalue weighted by molar-refractivity contribution is 9.10. The van der Waals surface area contributed by atoms with Gasteiger partial charge in [0.25, 0.3) is 5.56 Å². The molecule has 3 rings (SSSR count). The number of nitrogens with zero attached hydrogens (tertiary/aromatic N) is 2. The number of aromatic amines is 1. The lowest BCUT2D eigenvalue weighted by molar-refractivity contribution is 0.00670. The fraction of sp³-hybridized carbons (Fsp3) is 0.333. The molecule has 1 aliphatic heterocycles. The first kappa shape index (κ1) is 12.4. The van der Waals surface area contributed by atoms with Crippen LogP contribution in [0.1, 0.15) is 11.6 Å². The number of hydrogen-bond acceptors (Lipinski definition) is 4. The van der Waals surface area contributed by atoms with E-state index in [4.69, 9.17) is 4.74 Å². The summed E-state index contributed by atoms with van der Waals surface area (Å²) in [5, 5.41) is 10.2. The average Bonchev–Trinajstić information content (AvgIpc) is 2.71. The summed E-state index contributed by atoms with van der Waals surface area (Å²) >= 11 is 3.36. The van der Waals surface area contributed by atoms with Gasteiger partial charge >= 0.3 is 0 Å². The second-order valence-electron chi connectivity index (χ2n) is 4.56. The molecule has 0 aromatic carbocycles. The molecule has 7 heteroatoms. The van der Waals surface area contributed by atoms with Crippen molar-refractivity contribution in [2.24, 2.45) is 7.05 Å². The van der Waals surface area contributed by atoms with Gasteiger partial charge in [-0.3, -0.25) is 9.89 Å².